The fourth-order valence-corrected chi connectivity index (χ4v) is 3.52. The maximum Gasteiger partial charge on any atom is 0.342 e. The molecule has 0 spiro atoms. The zero-order chi connectivity index (χ0) is 17.2. The Kier molecular flexibility index (Phi) is 4.89. The molecule has 1 amide bonds. The number of nitrogens with one attached hydrogen (secondary N) is 1. The van der Waals surface area contributed by atoms with Gasteiger partial charge in [0.2, 0.25) is 5.91 Å². The third kappa shape index (κ3) is 3.98. The first-order valence-electron chi connectivity index (χ1n) is 7.31. The van der Waals surface area contributed by atoms with E-state index in [4.69, 9.17) is 0 Å². The van der Waals surface area contributed by atoms with Gasteiger partial charge in [-0.25, -0.2) is 0 Å². The second-order valence-electron chi connectivity index (χ2n) is 5.63. The maximum absolute atomic E-state index is 12.5. The molecular weight excluding hydrogens is 314 g/mol. The van der Waals surface area contributed by atoms with E-state index >= 15 is 0 Å². The van der Waals surface area contributed by atoms with Gasteiger partial charge < -0.3 is 4.90 Å². The van der Waals surface area contributed by atoms with Crippen LogP contribution in [0.2, 0.25) is 0 Å². The highest BCUT2D eigenvalue weighted by Crippen LogP contribution is 2.22. The summed E-state index contributed by atoms with van der Waals surface area (Å²) in [7, 11) is -1.93. The Morgan fingerprint density at radius 1 is 1.26 bits per heavy atom. The summed E-state index contributed by atoms with van der Waals surface area (Å²) in [6.45, 7) is 5.20. The number of benzene rings is 1. The molecule has 0 aromatic heterocycles. The lowest BCUT2D eigenvalue weighted by Crippen LogP contribution is -2.33. The van der Waals surface area contributed by atoms with Crippen LogP contribution in [0.3, 0.4) is 0 Å². The highest BCUT2D eigenvalue weighted by atomic mass is 32.2. The van der Waals surface area contributed by atoms with E-state index in [1.165, 1.54) is 0 Å². The second kappa shape index (κ2) is 6.54. The van der Waals surface area contributed by atoms with E-state index in [1.807, 2.05) is 37.3 Å². The fourth-order valence-electron chi connectivity index (χ4n) is 2.49. The lowest BCUT2D eigenvalue weighted by atomic mass is 10.0. The van der Waals surface area contributed by atoms with Crippen LogP contribution < -0.4 is 4.72 Å². The van der Waals surface area contributed by atoms with E-state index in [-0.39, 0.29) is 18.4 Å². The largest absolute Gasteiger partial charge is 0.342 e. The SMILES string of the molecule is CC1=NS(=O)(=O)NC(C)=C1CC(=O)N(C)[C@H](C)c1ccccc1. The first-order chi connectivity index (χ1) is 10.7. The van der Waals surface area contributed by atoms with Crippen LogP contribution in [0.4, 0.5) is 0 Å². The molecule has 1 aromatic carbocycles. The number of carbonyl (C=O) groups is 1. The van der Waals surface area contributed by atoms with Gasteiger partial charge in [0.05, 0.1) is 18.2 Å². The van der Waals surface area contributed by atoms with Crippen LogP contribution >= 0.6 is 0 Å². The molecule has 7 heteroatoms. The van der Waals surface area contributed by atoms with Gasteiger partial charge in [-0.05, 0) is 26.3 Å². The van der Waals surface area contributed by atoms with Gasteiger partial charge in [0.25, 0.3) is 0 Å². The van der Waals surface area contributed by atoms with Crippen molar-refractivity contribution >= 4 is 21.8 Å². The molecule has 0 bridgehead atoms. The van der Waals surface area contributed by atoms with E-state index < -0.39 is 10.2 Å². The molecule has 2 rings (SSSR count). The number of allylic oxidation sites excluding steroid dienone is 1. The molecular formula is C16H21N3O3S. The average Bonchev–Trinajstić information content (AvgIpc) is 2.49. The van der Waals surface area contributed by atoms with Crippen molar-refractivity contribution in [2.75, 3.05) is 7.05 Å². The Morgan fingerprint density at radius 3 is 2.43 bits per heavy atom. The molecule has 1 aliphatic heterocycles. The van der Waals surface area contributed by atoms with Gasteiger partial charge in [-0.2, -0.15) is 8.42 Å². The van der Waals surface area contributed by atoms with E-state index in [9.17, 15) is 13.2 Å². The smallest absolute Gasteiger partial charge is 0.339 e. The molecule has 0 radical (unpaired) electrons. The first-order valence-corrected chi connectivity index (χ1v) is 8.75. The Hall–Kier alpha value is -2.15. The molecule has 0 saturated carbocycles. The number of amides is 1. The number of hydrogen-bond acceptors (Lipinski definition) is 3. The van der Waals surface area contributed by atoms with Crippen LogP contribution in [0.25, 0.3) is 0 Å². The molecule has 0 saturated heterocycles. The van der Waals surface area contributed by atoms with E-state index in [2.05, 4.69) is 9.12 Å². The minimum atomic E-state index is -3.67. The summed E-state index contributed by atoms with van der Waals surface area (Å²) in [5.74, 6) is -0.0913. The van der Waals surface area contributed by atoms with Crippen LogP contribution in [0.5, 0.6) is 0 Å². The molecule has 6 nitrogen and oxygen atoms in total. The molecule has 1 atom stereocenters. The van der Waals surface area contributed by atoms with Crippen molar-refractivity contribution < 1.29 is 13.2 Å². The lowest BCUT2D eigenvalue weighted by Gasteiger charge is -2.27. The van der Waals surface area contributed by atoms with E-state index in [1.54, 1.807) is 25.8 Å². The van der Waals surface area contributed by atoms with Crippen molar-refractivity contribution in [3.8, 4) is 0 Å². The summed E-state index contributed by atoms with van der Waals surface area (Å²) in [6.07, 6.45) is 0.108. The van der Waals surface area contributed by atoms with Crippen LogP contribution in [-0.2, 0) is 15.0 Å². The molecule has 1 aliphatic rings. The summed E-state index contributed by atoms with van der Waals surface area (Å²) in [6, 6.07) is 9.68. The van der Waals surface area contributed by atoms with Gasteiger partial charge in [-0.1, -0.05) is 30.3 Å². The van der Waals surface area contributed by atoms with Gasteiger partial charge in [-0.15, -0.1) is 4.40 Å². The minimum Gasteiger partial charge on any atom is -0.339 e. The molecule has 1 aromatic rings. The molecule has 0 fully saturated rings. The molecule has 1 heterocycles. The Labute approximate surface area is 137 Å². The molecule has 23 heavy (non-hydrogen) atoms. The Morgan fingerprint density at radius 2 is 1.87 bits per heavy atom. The van der Waals surface area contributed by atoms with Crippen molar-refractivity contribution in [2.24, 2.45) is 4.40 Å². The maximum atomic E-state index is 12.5. The predicted molar refractivity (Wildman–Crippen MR) is 90.1 cm³/mol. The lowest BCUT2D eigenvalue weighted by molar-refractivity contribution is -0.131. The van der Waals surface area contributed by atoms with Crippen molar-refractivity contribution in [3.63, 3.8) is 0 Å². The minimum absolute atomic E-state index is 0.0675. The van der Waals surface area contributed by atoms with E-state index in [0.717, 1.165) is 5.56 Å². The first kappa shape index (κ1) is 17.2. The van der Waals surface area contributed by atoms with Gasteiger partial charge in [0.15, 0.2) is 0 Å². The zero-order valence-corrected chi connectivity index (χ0v) is 14.5. The monoisotopic (exact) mass is 335 g/mol. The van der Waals surface area contributed by atoms with Crippen LogP contribution in [0.15, 0.2) is 46.0 Å². The van der Waals surface area contributed by atoms with Gasteiger partial charge in [0.1, 0.15) is 0 Å². The summed E-state index contributed by atoms with van der Waals surface area (Å²) in [5.41, 5.74) is 2.47. The van der Waals surface area contributed by atoms with Crippen LogP contribution in [0.1, 0.15) is 38.8 Å². The summed E-state index contributed by atoms with van der Waals surface area (Å²) < 4.78 is 28.9. The molecule has 0 unspecified atom stereocenters. The normalized spacial score (nSPS) is 18.0. The molecule has 1 N–H and O–H groups in total. The second-order valence-corrected chi connectivity index (χ2v) is 6.96. The van der Waals surface area contributed by atoms with E-state index in [0.29, 0.717) is 17.0 Å². The summed E-state index contributed by atoms with van der Waals surface area (Å²) >= 11 is 0. The predicted octanol–water partition coefficient (Wildman–Crippen LogP) is 2.18. The highest BCUT2D eigenvalue weighted by Gasteiger charge is 2.25. The van der Waals surface area contributed by atoms with Crippen LogP contribution in [-0.4, -0.2) is 32.0 Å². The number of carbonyl (C=O) groups excluding carboxylic acids is 1. The van der Waals surface area contributed by atoms with Crippen molar-refractivity contribution in [1.82, 2.24) is 9.62 Å². The average molecular weight is 335 g/mol. The summed E-state index contributed by atoms with van der Waals surface area (Å²) in [5, 5.41) is 0. The van der Waals surface area contributed by atoms with Crippen molar-refractivity contribution in [3.05, 3.63) is 47.2 Å². The number of hydrogen-bond donors (Lipinski definition) is 1. The van der Waals surface area contributed by atoms with Crippen molar-refractivity contribution in [2.45, 2.75) is 33.2 Å². The standard InChI is InChI=1S/C16H21N3O3S/c1-11-15(12(2)18-23(21,22)17-11)10-16(20)19(4)13(3)14-8-6-5-7-9-14/h5-9,13,17H,10H2,1-4H3/t13-/m1/s1. The fraction of sp³-hybridized carbons (Fsp3) is 0.375. The Balaban J connectivity index is 2.15. The molecule has 124 valence electrons. The number of rotatable bonds is 4. The third-order valence-electron chi connectivity index (χ3n) is 4.01. The van der Waals surface area contributed by atoms with Gasteiger partial charge in [-0.3, -0.25) is 9.52 Å². The van der Waals surface area contributed by atoms with Crippen molar-refractivity contribution in [1.29, 1.82) is 0 Å². The van der Waals surface area contributed by atoms with Gasteiger partial charge >= 0.3 is 10.2 Å². The van der Waals surface area contributed by atoms with Gasteiger partial charge in [0, 0.05) is 18.3 Å². The Bertz CT molecular complexity index is 767. The van der Waals surface area contributed by atoms with Crippen LogP contribution in [0, 0.1) is 0 Å². The summed E-state index contributed by atoms with van der Waals surface area (Å²) in [4.78, 5) is 14.2. The quantitative estimate of drug-likeness (QED) is 0.916. The zero-order valence-electron chi connectivity index (χ0n) is 13.7. The number of nitrogens with zero attached hydrogens (tertiary/aromatic N) is 2. The topological polar surface area (TPSA) is 78.8 Å². The molecule has 0 aliphatic carbocycles. The highest BCUT2D eigenvalue weighted by molar-refractivity contribution is 7.88. The third-order valence-corrected chi connectivity index (χ3v) is 5.09.